The van der Waals surface area contributed by atoms with Crippen molar-refractivity contribution in [2.24, 2.45) is 39.9 Å². The van der Waals surface area contributed by atoms with Gasteiger partial charge in [0.2, 0.25) is 0 Å². The van der Waals surface area contributed by atoms with Gasteiger partial charge in [0.15, 0.2) is 5.78 Å². The highest BCUT2D eigenvalue weighted by Crippen LogP contribution is 2.69. The molecule has 0 aromatic rings. The average Bonchev–Trinajstić information content (AvgIpc) is 3.18. The topological polar surface area (TPSA) is 83.8 Å². The molecule has 206 valence electrons. The van der Waals surface area contributed by atoms with Gasteiger partial charge in [-0.15, -0.1) is 0 Å². The Labute approximate surface area is 223 Å². The van der Waals surface area contributed by atoms with Gasteiger partial charge in [0.25, 0.3) is 0 Å². The highest BCUT2D eigenvalue weighted by Gasteiger charge is 2.65. The molecule has 0 aromatic carbocycles. The Kier molecular flexibility index (Phi) is 7.03. The van der Waals surface area contributed by atoms with Gasteiger partial charge in [-0.2, -0.15) is 0 Å². The fourth-order valence-electron chi connectivity index (χ4n) is 9.40. The Bertz CT molecular complexity index is 1050. The summed E-state index contributed by atoms with van der Waals surface area (Å²) < 4.78 is 5.78. The number of rotatable bonds is 4. The van der Waals surface area contributed by atoms with Crippen molar-refractivity contribution in [2.45, 2.75) is 112 Å². The summed E-state index contributed by atoms with van der Waals surface area (Å²) in [5, 5.41) is 21.5. The van der Waals surface area contributed by atoms with Crippen LogP contribution in [0.1, 0.15) is 93.9 Å². The second kappa shape index (κ2) is 9.19. The van der Waals surface area contributed by atoms with Gasteiger partial charge in [-0.25, -0.2) is 0 Å². The van der Waals surface area contributed by atoms with Crippen LogP contribution in [0, 0.1) is 39.9 Å². The van der Waals surface area contributed by atoms with E-state index in [0.29, 0.717) is 18.8 Å². The molecule has 5 heteroatoms. The number of hydrogen-bond acceptors (Lipinski definition) is 5. The number of hydrogen-bond donors (Lipinski definition) is 2. The van der Waals surface area contributed by atoms with Crippen molar-refractivity contribution < 1.29 is 24.5 Å². The van der Waals surface area contributed by atoms with E-state index in [1.54, 1.807) is 6.92 Å². The molecule has 0 amide bonds. The molecular weight excluding hydrogens is 464 g/mol. The van der Waals surface area contributed by atoms with Crippen molar-refractivity contribution in [1.82, 2.24) is 0 Å². The van der Waals surface area contributed by atoms with E-state index < -0.39 is 11.7 Å². The van der Waals surface area contributed by atoms with Gasteiger partial charge >= 0.3 is 5.97 Å². The molecule has 0 unspecified atom stereocenters. The molecular formula is C32H48O5. The second-order valence-corrected chi connectivity index (χ2v) is 14.0. The molecule has 9 atom stereocenters. The average molecular weight is 513 g/mol. The van der Waals surface area contributed by atoms with Gasteiger partial charge in [-0.3, -0.25) is 9.59 Å². The van der Waals surface area contributed by atoms with Crippen molar-refractivity contribution in [3.05, 3.63) is 35.5 Å². The number of allylic oxidation sites excluding steroid dienone is 4. The Morgan fingerprint density at radius 2 is 1.70 bits per heavy atom. The number of fused-ring (bicyclic) bond motifs is 3. The van der Waals surface area contributed by atoms with Crippen molar-refractivity contribution in [3.8, 4) is 0 Å². The predicted molar refractivity (Wildman–Crippen MR) is 146 cm³/mol. The van der Waals surface area contributed by atoms with Crippen molar-refractivity contribution in [3.63, 3.8) is 0 Å². The molecule has 4 aliphatic rings. The summed E-state index contributed by atoms with van der Waals surface area (Å²) in [6.07, 6.45) is 7.93. The molecule has 2 N–H and O–H groups in total. The third-order valence-electron chi connectivity index (χ3n) is 11.4. The smallest absolute Gasteiger partial charge is 0.302 e. The number of ketones is 1. The van der Waals surface area contributed by atoms with Gasteiger partial charge in [-0.1, -0.05) is 52.0 Å². The quantitative estimate of drug-likeness (QED) is 0.276. The molecule has 4 fully saturated rings. The molecule has 0 aromatic heterocycles. The number of Topliss-reactive ketones (excluding diaryl/α,β-unsaturated/α-hetero) is 1. The van der Waals surface area contributed by atoms with E-state index in [1.807, 2.05) is 26.0 Å². The summed E-state index contributed by atoms with van der Waals surface area (Å²) in [5.41, 5.74) is 1.30. The highest BCUT2D eigenvalue weighted by molar-refractivity contribution is 6.00. The standard InChI is InChI=1S/C32H48O5/c1-18(2)21-16-26(35)32(9,36)22(21)11-10-19(3)28-23(34)17-25-30(7)15-13-27(37-20(4)33)29(5,6)24(30)12-14-31(25,28)8/h10-11,21-22,24-27,35-36H,1,12-17H2,2-9H3/b11-10-,28-19+/t21-,22-,24-,25-,26-,27-,30-,31-,32+/m0/s1. The van der Waals surface area contributed by atoms with Crippen LogP contribution in [0.3, 0.4) is 0 Å². The Balaban J connectivity index is 1.67. The zero-order valence-electron chi connectivity index (χ0n) is 24.2. The number of carbonyl (C=O) groups is 2. The van der Waals surface area contributed by atoms with E-state index in [-0.39, 0.29) is 51.9 Å². The Morgan fingerprint density at radius 3 is 2.30 bits per heavy atom. The zero-order chi connectivity index (χ0) is 27.7. The normalized spacial score (nSPS) is 46.5. The molecule has 0 saturated heterocycles. The van der Waals surface area contributed by atoms with E-state index >= 15 is 0 Å². The van der Waals surface area contributed by atoms with Gasteiger partial charge in [0, 0.05) is 35.7 Å². The molecule has 5 nitrogen and oxygen atoms in total. The summed E-state index contributed by atoms with van der Waals surface area (Å²) >= 11 is 0. The van der Waals surface area contributed by atoms with Crippen LogP contribution in [0.5, 0.6) is 0 Å². The molecule has 0 spiro atoms. The first kappa shape index (κ1) is 28.3. The third kappa shape index (κ3) is 4.29. The lowest BCUT2D eigenvalue weighted by molar-refractivity contribution is -0.185. The zero-order valence-corrected chi connectivity index (χ0v) is 24.2. The summed E-state index contributed by atoms with van der Waals surface area (Å²) in [6, 6.07) is 0. The van der Waals surface area contributed by atoms with Crippen LogP contribution in [0.2, 0.25) is 0 Å². The molecule has 0 aliphatic heterocycles. The van der Waals surface area contributed by atoms with E-state index in [9.17, 15) is 19.8 Å². The van der Waals surface area contributed by atoms with E-state index in [1.165, 1.54) is 6.92 Å². The maximum absolute atomic E-state index is 13.7. The fraction of sp³-hybridized carbons (Fsp3) is 0.750. The first-order chi connectivity index (χ1) is 17.0. The van der Waals surface area contributed by atoms with Crippen molar-refractivity contribution in [1.29, 1.82) is 0 Å². The number of aliphatic hydroxyl groups excluding tert-OH is 1. The van der Waals surface area contributed by atoms with Gasteiger partial charge in [0.05, 0.1) is 11.7 Å². The number of carbonyl (C=O) groups excluding carboxylic acids is 2. The minimum Gasteiger partial charge on any atom is -0.462 e. The monoisotopic (exact) mass is 512 g/mol. The van der Waals surface area contributed by atoms with E-state index in [0.717, 1.165) is 42.4 Å². The number of aliphatic hydroxyl groups is 2. The molecule has 4 rings (SSSR count). The van der Waals surface area contributed by atoms with Gasteiger partial charge in [-0.05, 0) is 81.6 Å². The Hall–Kier alpha value is -1.72. The minimum absolute atomic E-state index is 0.00116. The summed E-state index contributed by atoms with van der Waals surface area (Å²) in [4.78, 5) is 25.5. The van der Waals surface area contributed by atoms with Crippen LogP contribution < -0.4 is 0 Å². The van der Waals surface area contributed by atoms with Crippen LogP contribution in [0.25, 0.3) is 0 Å². The minimum atomic E-state index is -1.23. The third-order valence-corrected chi connectivity index (χ3v) is 11.4. The molecule has 0 heterocycles. The first-order valence-corrected chi connectivity index (χ1v) is 14.1. The van der Waals surface area contributed by atoms with Gasteiger partial charge < -0.3 is 14.9 Å². The Morgan fingerprint density at radius 1 is 1.05 bits per heavy atom. The van der Waals surface area contributed by atoms with E-state index in [4.69, 9.17) is 4.74 Å². The summed E-state index contributed by atoms with van der Waals surface area (Å²) in [7, 11) is 0. The largest absolute Gasteiger partial charge is 0.462 e. The lowest BCUT2D eigenvalue weighted by Gasteiger charge is -2.62. The SMILES string of the molecule is C=C(C)[C@@H]1C[C@H](O)[C@](C)(O)[C@H]1/C=C\C(C)=C1/C(=O)C[C@H]2[C@@]3(C)CC[C@H](OC(C)=O)C(C)(C)[C@@H]3CC[C@]12C. The van der Waals surface area contributed by atoms with Crippen LogP contribution in [-0.4, -0.2) is 39.8 Å². The predicted octanol–water partition coefficient (Wildman–Crippen LogP) is 5.95. The van der Waals surface area contributed by atoms with E-state index in [2.05, 4.69) is 34.3 Å². The fourth-order valence-corrected chi connectivity index (χ4v) is 9.40. The highest BCUT2D eigenvalue weighted by atomic mass is 16.5. The lowest BCUT2D eigenvalue weighted by atomic mass is 9.43. The van der Waals surface area contributed by atoms with Crippen LogP contribution in [-0.2, 0) is 14.3 Å². The first-order valence-electron chi connectivity index (χ1n) is 14.1. The molecule has 4 saturated carbocycles. The number of esters is 1. The molecule has 0 radical (unpaired) electrons. The maximum Gasteiger partial charge on any atom is 0.302 e. The maximum atomic E-state index is 13.7. The number of ether oxygens (including phenoxy) is 1. The molecule has 37 heavy (non-hydrogen) atoms. The van der Waals surface area contributed by atoms with Crippen molar-refractivity contribution in [2.75, 3.05) is 0 Å². The van der Waals surface area contributed by atoms with Gasteiger partial charge in [0.1, 0.15) is 6.10 Å². The van der Waals surface area contributed by atoms with Crippen LogP contribution in [0.15, 0.2) is 35.5 Å². The lowest BCUT2D eigenvalue weighted by Crippen LogP contribution is -2.58. The van der Waals surface area contributed by atoms with Crippen LogP contribution in [0.4, 0.5) is 0 Å². The van der Waals surface area contributed by atoms with Crippen LogP contribution >= 0.6 is 0 Å². The summed E-state index contributed by atoms with van der Waals surface area (Å²) in [6.45, 7) is 20.4. The second-order valence-electron chi connectivity index (χ2n) is 14.0. The molecule has 0 bridgehead atoms. The molecule has 4 aliphatic carbocycles. The summed E-state index contributed by atoms with van der Waals surface area (Å²) in [5.74, 6) is 0.416. The van der Waals surface area contributed by atoms with Crippen molar-refractivity contribution >= 4 is 11.8 Å².